The zero-order valence-electron chi connectivity index (χ0n) is 16.7. The van der Waals surface area contributed by atoms with E-state index in [1.54, 1.807) is 0 Å². The van der Waals surface area contributed by atoms with E-state index in [0.29, 0.717) is 34.8 Å². The van der Waals surface area contributed by atoms with Gasteiger partial charge in [0.05, 0.1) is 17.6 Å². The van der Waals surface area contributed by atoms with Gasteiger partial charge >= 0.3 is 5.97 Å². The average molecular weight is 409 g/mol. The minimum absolute atomic E-state index is 0.162. The Kier molecular flexibility index (Phi) is 4.89. The van der Waals surface area contributed by atoms with Crippen LogP contribution in [0.4, 0.5) is 0 Å². The number of allylic oxidation sites excluding steroid dienone is 1. The van der Waals surface area contributed by atoms with Gasteiger partial charge in [-0.1, -0.05) is 66.7 Å². The third-order valence-electron chi connectivity index (χ3n) is 5.67. The summed E-state index contributed by atoms with van der Waals surface area (Å²) in [7, 11) is 0. The molecular weight excluding hydrogens is 390 g/mol. The Balaban J connectivity index is 1.65. The molecule has 3 aromatic carbocycles. The van der Waals surface area contributed by atoms with E-state index in [1.165, 1.54) is 0 Å². The van der Waals surface area contributed by atoms with Gasteiger partial charge in [-0.3, -0.25) is 4.79 Å². The number of hydrogen-bond donors (Lipinski definition) is 0. The van der Waals surface area contributed by atoms with E-state index in [9.17, 15) is 10.1 Å². The van der Waals surface area contributed by atoms with Crippen molar-refractivity contribution in [2.75, 3.05) is 6.79 Å². The molecule has 0 unspecified atom stereocenters. The molecule has 5 heteroatoms. The van der Waals surface area contributed by atoms with Crippen molar-refractivity contribution in [2.45, 2.75) is 12.3 Å². The highest BCUT2D eigenvalue weighted by Gasteiger charge is 2.41. The van der Waals surface area contributed by atoms with Gasteiger partial charge in [0.15, 0.2) is 17.3 Å². The molecular formula is C26H19NO4. The van der Waals surface area contributed by atoms with Crippen LogP contribution in [0, 0.1) is 17.2 Å². The van der Waals surface area contributed by atoms with Gasteiger partial charge in [-0.25, -0.2) is 0 Å². The minimum Gasteiger partial charge on any atom is -0.454 e. The highest BCUT2D eigenvalue weighted by molar-refractivity contribution is 5.88. The predicted octanol–water partition coefficient (Wildman–Crippen LogP) is 4.85. The van der Waals surface area contributed by atoms with Gasteiger partial charge in [0.1, 0.15) is 0 Å². The van der Waals surface area contributed by atoms with Crippen molar-refractivity contribution in [3.63, 3.8) is 0 Å². The fourth-order valence-corrected chi connectivity index (χ4v) is 4.21. The molecule has 5 nitrogen and oxygen atoms in total. The molecule has 5 rings (SSSR count). The molecule has 2 aliphatic rings. The fourth-order valence-electron chi connectivity index (χ4n) is 4.21. The van der Waals surface area contributed by atoms with Gasteiger partial charge in [-0.2, -0.15) is 5.26 Å². The highest BCUT2D eigenvalue weighted by Crippen LogP contribution is 2.45. The molecule has 0 saturated heterocycles. The van der Waals surface area contributed by atoms with E-state index >= 15 is 0 Å². The van der Waals surface area contributed by atoms with Crippen LogP contribution in [0.2, 0.25) is 0 Å². The van der Waals surface area contributed by atoms with E-state index in [1.807, 2.05) is 78.9 Å². The first kappa shape index (κ1) is 19.0. The molecule has 0 saturated carbocycles. The Morgan fingerprint density at radius 1 is 0.903 bits per heavy atom. The summed E-state index contributed by atoms with van der Waals surface area (Å²) >= 11 is 0. The maximum Gasteiger partial charge on any atom is 0.315 e. The van der Waals surface area contributed by atoms with Crippen molar-refractivity contribution in [2.24, 2.45) is 5.92 Å². The second kappa shape index (κ2) is 8.00. The SMILES string of the molecule is N#CC1=C(c2ccccc2)OC(=O)[C@@H](Cc2ccccc2)[C@H]1c1ccc2c(c1)OCO2. The maximum atomic E-state index is 13.2. The number of hydrogen-bond acceptors (Lipinski definition) is 5. The molecule has 0 bridgehead atoms. The van der Waals surface area contributed by atoms with Crippen molar-refractivity contribution < 1.29 is 19.0 Å². The Labute approximate surface area is 180 Å². The van der Waals surface area contributed by atoms with Gasteiger partial charge in [0.25, 0.3) is 0 Å². The zero-order chi connectivity index (χ0) is 21.2. The molecule has 2 atom stereocenters. The van der Waals surface area contributed by atoms with Crippen LogP contribution in [0.25, 0.3) is 5.76 Å². The number of carbonyl (C=O) groups is 1. The van der Waals surface area contributed by atoms with E-state index in [4.69, 9.17) is 14.2 Å². The van der Waals surface area contributed by atoms with Gasteiger partial charge in [-0.05, 0) is 29.7 Å². The van der Waals surface area contributed by atoms with Crippen molar-refractivity contribution in [3.8, 4) is 17.6 Å². The maximum absolute atomic E-state index is 13.2. The Hall–Kier alpha value is -4.04. The zero-order valence-corrected chi connectivity index (χ0v) is 16.7. The van der Waals surface area contributed by atoms with Crippen LogP contribution in [0.1, 0.15) is 22.6 Å². The topological polar surface area (TPSA) is 68.5 Å². The van der Waals surface area contributed by atoms with Gasteiger partial charge in [0.2, 0.25) is 6.79 Å². The molecule has 3 aromatic rings. The lowest BCUT2D eigenvalue weighted by molar-refractivity contribution is -0.143. The third-order valence-corrected chi connectivity index (χ3v) is 5.67. The van der Waals surface area contributed by atoms with E-state index in [2.05, 4.69) is 6.07 Å². The largest absolute Gasteiger partial charge is 0.454 e. The van der Waals surface area contributed by atoms with E-state index in [-0.39, 0.29) is 12.8 Å². The number of nitriles is 1. The molecule has 0 amide bonds. The number of fused-ring (bicyclic) bond motifs is 1. The molecule has 152 valence electrons. The average Bonchev–Trinajstić information content (AvgIpc) is 3.29. The van der Waals surface area contributed by atoms with Crippen molar-refractivity contribution >= 4 is 11.7 Å². The number of nitrogens with zero attached hydrogens (tertiary/aromatic N) is 1. The Morgan fingerprint density at radius 3 is 2.35 bits per heavy atom. The van der Waals surface area contributed by atoms with Gasteiger partial charge < -0.3 is 14.2 Å². The van der Waals surface area contributed by atoms with Crippen molar-refractivity contribution in [1.82, 2.24) is 0 Å². The second-order valence-electron chi connectivity index (χ2n) is 7.53. The molecule has 31 heavy (non-hydrogen) atoms. The quantitative estimate of drug-likeness (QED) is 0.576. The first-order valence-electron chi connectivity index (χ1n) is 10.1. The summed E-state index contributed by atoms with van der Waals surface area (Å²) in [6.45, 7) is 0.162. The summed E-state index contributed by atoms with van der Waals surface area (Å²) in [6, 6.07) is 27.0. The molecule has 2 aliphatic heterocycles. The smallest absolute Gasteiger partial charge is 0.315 e. The standard InChI is InChI=1S/C26H19NO4/c27-15-21-24(19-11-12-22-23(14-19)30-16-29-22)20(13-17-7-3-1-4-8-17)26(28)31-25(21)18-9-5-2-6-10-18/h1-12,14,20,24H,13,16H2/t20-,24+/m0/s1. The summed E-state index contributed by atoms with van der Waals surface area (Å²) in [6.07, 6.45) is 0.464. The number of carbonyl (C=O) groups excluding carboxylic acids is 1. The van der Waals surface area contributed by atoms with Crippen LogP contribution in [0.3, 0.4) is 0 Å². The molecule has 0 fully saturated rings. The lowest BCUT2D eigenvalue weighted by atomic mass is 9.75. The molecule has 0 N–H and O–H groups in total. The van der Waals surface area contributed by atoms with Gasteiger partial charge in [0, 0.05) is 11.5 Å². The number of benzene rings is 3. The highest BCUT2D eigenvalue weighted by atomic mass is 16.7. The van der Waals surface area contributed by atoms with Crippen LogP contribution in [0.15, 0.2) is 84.4 Å². The first-order chi connectivity index (χ1) is 15.2. The monoisotopic (exact) mass is 409 g/mol. The second-order valence-corrected chi connectivity index (χ2v) is 7.53. The molecule has 0 aliphatic carbocycles. The first-order valence-corrected chi connectivity index (χ1v) is 10.1. The Bertz CT molecular complexity index is 1200. The predicted molar refractivity (Wildman–Crippen MR) is 114 cm³/mol. The summed E-state index contributed by atoms with van der Waals surface area (Å²) in [5.74, 6) is 0.256. The van der Waals surface area contributed by atoms with E-state index in [0.717, 1.165) is 11.1 Å². The lowest BCUT2D eigenvalue weighted by Gasteiger charge is -2.32. The fraction of sp³-hybridized carbons (Fsp3) is 0.154. The van der Waals surface area contributed by atoms with E-state index < -0.39 is 11.8 Å². The molecule has 0 spiro atoms. The van der Waals surface area contributed by atoms with Crippen LogP contribution in [-0.2, 0) is 16.0 Å². The number of esters is 1. The molecule has 2 heterocycles. The summed E-state index contributed by atoms with van der Waals surface area (Å²) < 4.78 is 16.8. The normalized spacial score (nSPS) is 19.6. The number of cyclic esters (lactones) is 1. The van der Waals surface area contributed by atoms with Crippen LogP contribution >= 0.6 is 0 Å². The molecule has 0 radical (unpaired) electrons. The summed E-state index contributed by atoms with van der Waals surface area (Å²) in [5, 5.41) is 10.2. The number of rotatable bonds is 4. The van der Waals surface area contributed by atoms with Crippen molar-refractivity contribution in [1.29, 1.82) is 5.26 Å². The lowest BCUT2D eigenvalue weighted by Crippen LogP contribution is -2.32. The van der Waals surface area contributed by atoms with Crippen LogP contribution < -0.4 is 9.47 Å². The summed E-state index contributed by atoms with van der Waals surface area (Å²) in [4.78, 5) is 13.2. The Morgan fingerprint density at radius 2 is 1.61 bits per heavy atom. The number of ether oxygens (including phenoxy) is 3. The van der Waals surface area contributed by atoms with Crippen molar-refractivity contribution in [3.05, 3.63) is 101 Å². The third kappa shape index (κ3) is 3.53. The van der Waals surface area contributed by atoms with Gasteiger partial charge in [-0.15, -0.1) is 0 Å². The van der Waals surface area contributed by atoms with Crippen LogP contribution in [0.5, 0.6) is 11.5 Å². The minimum atomic E-state index is -0.537. The summed E-state index contributed by atoms with van der Waals surface area (Å²) in [5.41, 5.74) is 2.98. The van der Waals surface area contributed by atoms with Crippen LogP contribution in [-0.4, -0.2) is 12.8 Å². The molecule has 0 aromatic heterocycles.